The summed E-state index contributed by atoms with van der Waals surface area (Å²) in [6, 6.07) is 0. The fourth-order valence-corrected chi connectivity index (χ4v) is 1.83. The van der Waals surface area contributed by atoms with Gasteiger partial charge >= 0.3 is 0 Å². The van der Waals surface area contributed by atoms with Crippen LogP contribution in [-0.2, 0) is 0 Å². The molecule has 0 aromatic rings. The van der Waals surface area contributed by atoms with E-state index in [1.54, 1.807) is 5.54 Å². The smallest absolute Gasteiger partial charge is 0.0285 e. The van der Waals surface area contributed by atoms with E-state index in [-0.39, 0.29) is 0 Å². The van der Waals surface area contributed by atoms with Crippen molar-refractivity contribution >= 4 is 27.5 Å². The van der Waals surface area contributed by atoms with Crippen molar-refractivity contribution in [2.45, 2.75) is 11.2 Å². The van der Waals surface area contributed by atoms with Crippen LogP contribution in [0.1, 0.15) is 6.42 Å². The summed E-state index contributed by atoms with van der Waals surface area (Å²) >= 11 is 8.97. The zero-order valence-electron chi connectivity index (χ0n) is 5.76. The average molecular weight is 225 g/mol. The molecule has 1 rings (SSSR count). The molecule has 1 nitrogen and oxygen atoms in total. The van der Waals surface area contributed by atoms with Crippen molar-refractivity contribution in [2.75, 3.05) is 19.6 Å². The lowest BCUT2D eigenvalue weighted by Crippen LogP contribution is -2.20. The van der Waals surface area contributed by atoms with Crippen molar-refractivity contribution in [1.29, 1.82) is 0 Å². The Labute approximate surface area is 75.2 Å². The topological polar surface area (TPSA) is 3.24 Å². The SMILES string of the molecule is Cl/C=C/CN1CCC(Br)C1. The van der Waals surface area contributed by atoms with Crippen LogP contribution >= 0.6 is 27.5 Å². The maximum absolute atomic E-state index is 5.40. The molecule has 0 aliphatic carbocycles. The Morgan fingerprint density at radius 3 is 3.00 bits per heavy atom. The van der Waals surface area contributed by atoms with Crippen LogP contribution in [0.4, 0.5) is 0 Å². The first-order valence-electron chi connectivity index (χ1n) is 3.44. The van der Waals surface area contributed by atoms with Crippen molar-refractivity contribution in [3.05, 3.63) is 11.6 Å². The highest BCUT2D eigenvalue weighted by molar-refractivity contribution is 9.09. The Hall–Kier alpha value is 0.470. The van der Waals surface area contributed by atoms with Crippen molar-refractivity contribution in [2.24, 2.45) is 0 Å². The summed E-state index contributed by atoms with van der Waals surface area (Å²) in [4.78, 5) is 3.06. The third-order valence-electron chi connectivity index (χ3n) is 1.67. The molecule has 1 fully saturated rings. The first kappa shape index (κ1) is 8.57. The maximum atomic E-state index is 5.40. The van der Waals surface area contributed by atoms with E-state index in [0.717, 1.165) is 13.1 Å². The van der Waals surface area contributed by atoms with Crippen LogP contribution in [-0.4, -0.2) is 29.4 Å². The first-order chi connectivity index (χ1) is 4.83. The second kappa shape index (κ2) is 4.37. The normalized spacial score (nSPS) is 28.4. The Morgan fingerprint density at radius 2 is 2.50 bits per heavy atom. The van der Waals surface area contributed by atoms with Crippen LogP contribution in [0.2, 0.25) is 0 Å². The van der Waals surface area contributed by atoms with Gasteiger partial charge in [-0.3, -0.25) is 4.90 Å². The van der Waals surface area contributed by atoms with E-state index in [4.69, 9.17) is 11.6 Å². The predicted octanol–water partition coefficient (Wildman–Crippen LogP) is 2.21. The molecule has 1 unspecified atom stereocenters. The van der Waals surface area contributed by atoms with E-state index in [1.165, 1.54) is 13.0 Å². The lowest BCUT2D eigenvalue weighted by Gasteiger charge is -2.10. The largest absolute Gasteiger partial charge is 0.298 e. The molecule has 1 heterocycles. The van der Waals surface area contributed by atoms with Crippen molar-refractivity contribution < 1.29 is 0 Å². The fraction of sp³-hybridized carbons (Fsp3) is 0.714. The predicted molar refractivity (Wildman–Crippen MR) is 48.8 cm³/mol. The fourth-order valence-electron chi connectivity index (χ4n) is 1.14. The highest BCUT2D eigenvalue weighted by atomic mass is 79.9. The third kappa shape index (κ3) is 2.60. The van der Waals surface area contributed by atoms with Crippen LogP contribution in [0.25, 0.3) is 0 Å². The second-order valence-corrected chi connectivity index (χ2v) is 4.05. The molecule has 1 atom stereocenters. The molecule has 0 aromatic carbocycles. The van der Waals surface area contributed by atoms with Crippen LogP contribution in [0.15, 0.2) is 11.6 Å². The van der Waals surface area contributed by atoms with Crippen LogP contribution < -0.4 is 0 Å². The van der Waals surface area contributed by atoms with Gasteiger partial charge < -0.3 is 0 Å². The monoisotopic (exact) mass is 223 g/mol. The summed E-state index contributed by atoms with van der Waals surface area (Å²) in [6.07, 6.45) is 3.24. The van der Waals surface area contributed by atoms with Crippen LogP contribution in [0, 0.1) is 0 Å². The number of rotatable bonds is 2. The van der Waals surface area contributed by atoms with Crippen LogP contribution in [0.3, 0.4) is 0 Å². The standard InChI is InChI=1S/C7H11BrClN/c8-7-2-5-10(6-7)4-1-3-9/h1,3,7H,2,4-6H2/b3-1+. The Balaban J connectivity index is 2.18. The minimum Gasteiger partial charge on any atom is -0.298 e. The van der Waals surface area contributed by atoms with E-state index < -0.39 is 0 Å². The third-order valence-corrected chi connectivity index (χ3v) is 2.59. The number of hydrogen-bond acceptors (Lipinski definition) is 1. The zero-order chi connectivity index (χ0) is 7.40. The summed E-state index contributed by atoms with van der Waals surface area (Å²) in [6.45, 7) is 3.34. The maximum Gasteiger partial charge on any atom is 0.0285 e. The summed E-state index contributed by atoms with van der Waals surface area (Å²) in [5.41, 5.74) is 1.58. The number of alkyl halides is 1. The molecule has 1 saturated heterocycles. The van der Waals surface area contributed by atoms with Gasteiger partial charge in [0.05, 0.1) is 0 Å². The molecule has 0 saturated carbocycles. The number of hydrogen-bond donors (Lipinski definition) is 0. The molecule has 0 radical (unpaired) electrons. The Bertz CT molecular complexity index is 127. The minimum atomic E-state index is 0.691. The summed E-state index contributed by atoms with van der Waals surface area (Å²) in [5.74, 6) is 0. The molecular weight excluding hydrogens is 213 g/mol. The molecule has 0 bridgehead atoms. The molecule has 58 valence electrons. The van der Waals surface area contributed by atoms with E-state index in [9.17, 15) is 0 Å². The highest BCUT2D eigenvalue weighted by Crippen LogP contribution is 2.15. The number of nitrogens with zero attached hydrogens (tertiary/aromatic N) is 1. The van der Waals surface area contributed by atoms with Gasteiger partial charge in [-0.15, -0.1) is 0 Å². The number of likely N-dealkylation sites (tertiary alicyclic amines) is 1. The van der Waals surface area contributed by atoms with Crippen LogP contribution in [0.5, 0.6) is 0 Å². The van der Waals surface area contributed by atoms with E-state index in [0.29, 0.717) is 4.83 Å². The molecule has 0 amide bonds. The zero-order valence-corrected chi connectivity index (χ0v) is 8.11. The van der Waals surface area contributed by atoms with Crippen molar-refractivity contribution in [3.63, 3.8) is 0 Å². The molecule has 1 aliphatic heterocycles. The van der Waals surface area contributed by atoms with Gasteiger partial charge in [-0.1, -0.05) is 33.6 Å². The molecule has 3 heteroatoms. The highest BCUT2D eigenvalue weighted by Gasteiger charge is 2.17. The Kier molecular flexibility index (Phi) is 3.74. The lowest BCUT2D eigenvalue weighted by atomic mass is 10.4. The van der Waals surface area contributed by atoms with Gasteiger partial charge in [0.15, 0.2) is 0 Å². The van der Waals surface area contributed by atoms with Gasteiger partial charge in [-0.2, -0.15) is 0 Å². The minimum absolute atomic E-state index is 0.691. The van der Waals surface area contributed by atoms with E-state index in [2.05, 4.69) is 20.8 Å². The molecule has 0 spiro atoms. The van der Waals surface area contributed by atoms with Crippen molar-refractivity contribution in [3.8, 4) is 0 Å². The van der Waals surface area contributed by atoms with Gasteiger partial charge in [-0.25, -0.2) is 0 Å². The van der Waals surface area contributed by atoms with E-state index in [1.807, 2.05) is 6.08 Å². The first-order valence-corrected chi connectivity index (χ1v) is 4.80. The van der Waals surface area contributed by atoms with E-state index >= 15 is 0 Å². The second-order valence-electron chi connectivity index (χ2n) is 2.51. The molecule has 0 aromatic heterocycles. The number of halogens is 2. The molecular formula is C7H11BrClN. The van der Waals surface area contributed by atoms with Gasteiger partial charge in [-0.05, 0) is 13.0 Å². The van der Waals surface area contributed by atoms with Gasteiger partial charge in [0.2, 0.25) is 0 Å². The summed E-state index contributed by atoms with van der Waals surface area (Å²) in [5, 5.41) is 0. The molecule has 0 N–H and O–H groups in total. The molecule has 1 aliphatic rings. The van der Waals surface area contributed by atoms with Gasteiger partial charge in [0.25, 0.3) is 0 Å². The molecule has 10 heavy (non-hydrogen) atoms. The Morgan fingerprint density at radius 1 is 1.70 bits per heavy atom. The van der Waals surface area contributed by atoms with Crippen molar-refractivity contribution in [1.82, 2.24) is 4.90 Å². The summed E-state index contributed by atoms with van der Waals surface area (Å²) in [7, 11) is 0. The average Bonchev–Trinajstić information content (AvgIpc) is 2.31. The van der Waals surface area contributed by atoms with Gasteiger partial charge in [0.1, 0.15) is 0 Å². The lowest BCUT2D eigenvalue weighted by molar-refractivity contribution is 0.379. The van der Waals surface area contributed by atoms with Gasteiger partial charge in [0, 0.05) is 23.5 Å². The quantitative estimate of drug-likeness (QED) is 0.650. The summed E-state index contributed by atoms with van der Waals surface area (Å²) < 4.78 is 0.